The highest BCUT2D eigenvalue weighted by atomic mass is 15.6. The highest BCUT2D eigenvalue weighted by Crippen LogP contribution is 2.30. The quantitative estimate of drug-likeness (QED) is 0.858. The summed E-state index contributed by atoms with van der Waals surface area (Å²) in [5.74, 6) is 0.877. The molecule has 0 aliphatic heterocycles. The van der Waals surface area contributed by atoms with Crippen LogP contribution in [0.25, 0.3) is 5.69 Å². The molecule has 108 valence electrons. The largest absolute Gasteiger partial charge is 0.297 e. The molecule has 5 nitrogen and oxygen atoms in total. The molecule has 0 fully saturated rings. The Morgan fingerprint density at radius 1 is 1.20 bits per heavy atom. The van der Waals surface area contributed by atoms with Gasteiger partial charge in [0, 0.05) is 0 Å². The molecule has 0 amide bonds. The average molecular weight is 273 g/mol. The van der Waals surface area contributed by atoms with Gasteiger partial charge in [0.15, 0.2) is 5.82 Å². The Bertz CT molecular complexity index is 582. The monoisotopic (exact) mass is 273 g/mol. The lowest BCUT2D eigenvalue weighted by Crippen LogP contribution is -2.40. The van der Waals surface area contributed by atoms with Crippen molar-refractivity contribution < 1.29 is 0 Å². The Morgan fingerprint density at radius 2 is 1.80 bits per heavy atom. The summed E-state index contributed by atoms with van der Waals surface area (Å²) >= 11 is 0. The molecule has 0 aliphatic rings. The van der Waals surface area contributed by atoms with Gasteiger partial charge in [0.1, 0.15) is 0 Å². The average Bonchev–Trinajstić information content (AvgIpc) is 2.87. The van der Waals surface area contributed by atoms with Gasteiger partial charge in [0.2, 0.25) is 0 Å². The van der Waals surface area contributed by atoms with Gasteiger partial charge in [-0.25, -0.2) is 0 Å². The van der Waals surface area contributed by atoms with Crippen LogP contribution in [0.3, 0.4) is 0 Å². The van der Waals surface area contributed by atoms with E-state index in [2.05, 4.69) is 80.4 Å². The summed E-state index contributed by atoms with van der Waals surface area (Å²) in [6.45, 7) is 8.51. The Hall–Kier alpha value is -1.75. The Kier molecular flexibility index (Phi) is 3.90. The second kappa shape index (κ2) is 5.32. The number of rotatable bonds is 4. The zero-order chi connectivity index (χ0) is 14.9. The molecule has 2 rings (SSSR count). The van der Waals surface area contributed by atoms with Crippen LogP contribution in [0.15, 0.2) is 18.2 Å². The van der Waals surface area contributed by atoms with Gasteiger partial charge < -0.3 is 0 Å². The van der Waals surface area contributed by atoms with Crippen molar-refractivity contribution >= 4 is 0 Å². The predicted octanol–water partition coefficient (Wildman–Crippen LogP) is 2.47. The van der Waals surface area contributed by atoms with E-state index in [9.17, 15) is 0 Å². The summed E-state index contributed by atoms with van der Waals surface area (Å²) in [6, 6.07) is 6.24. The molecule has 1 aromatic carbocycles. The summed E-state index contributed by atoms with van der Waals surface area (Å²) < 4.78 is 1.88. The standard InChI is InChI=1S/C15H23N5/c1-7-15(4,19(5)6)14-16-17-18-20(14)13-11(2)9-8-10-12(13)3/h8-10H,7H2,1-6H3/t15-/m1/s1. The van der Waals surface area contributed by atoms with Crippen molar-refractivity contribution in [2.75, 3.05) is 14.1 Å². The molecule has 1 heterocycles. The maximum absolute atomic E-state index is 4.30. The van der Waals surface area contributed by atoms with E-state index in [0.717, 1.165) is 17.9 Å². The van der Waals surface area contributed by atoms with Crippen LogP contribution in [0.2, 0.25) is 0 Å². The maximum atomic E-state index is 4.30. The Balaban J connectivity index is 2.65. The highest BCUT2D eigenvalue weighted by Gasteiger charge is 2.34. The fourth-order valence-electron chi connectivity index (χ4n) is 2.49. The zero-order valence-electron chi connectivity index (χ0n) is 13.2. The topological polar surface area (TPSA) is 46.8 Å². The van der Waals surface area contributed by atoms with Crippen LogP contribution >= 0.6 is 0 Å². The number of aromatic nitrogens is 4. The van der Waals surface area contributed by atoms with Gasteiger partial charge in [-0.3, -0.25) is 4.90 Å². The molecular weight excluding hydrogens is 250 g/mol. The Morgan fingerprint density at radius 3 is 2.30 bits per heavy atom. The first-order chi connectivity index (χ1) is 9.41. The molecule has 5 heteroatoms. The summed E-state index contributed by atoms with van der Waals surface area (Å²) in [5, 5.41) is 12.4. The van der Waals surface area contributed by atoms with Crippen LogP contribution in [-0.2, 0) is 5.54 Å². The van der Waals surface area contributed by atoms with Gasteiger partial charge >= 0.3 is 0 Å². The minimum atomic E-state index is -0.196. The first-order valence-corrected chi connectivity index (χ1v) is 6.94. The van der Waals surface area contributed by atoms with Crippen LogP contribution in [0.5, 0.6) is 0 Å². The van der Waals surface area contributed by atoms with Crippen LogP contribution in [-0.4, -0.2) is 39.2 Å². The highest BCUT2D eigenvalue weighted by molar-refractivity contribution is 5.46. The molecule has 0 radical (unpaired) electrons. The van der Waals surface area contributed by atoms with Gasteiger partial charge in [-0.15, -0.1) is 5.10 Å². The Labute approximate surface area is 120 Å². The van der Waals surface area contributed by atoms with Gasteiger partial charge in [0.25, 0.3) is 0 Å². The molecule has 1 atom stereocenters. The van der Waals surface area contributed by atoms with E-state index in [1.54, 1.807) is 0 Å². The first kappa shape index (κ1) is 14.7. The predicted molar refractivity (Wildman–Crippen MR) is 80.0 cm³/mol. The number of hydrogen-bond donors (Lipinski definition) is 0. The molecule has 0 unspecified atom stereocenters. The van der Waals surface area contributed by atoms with E-state index in [4.69, 9.17) is 0 Å². The van der Waals surface area contributed by atoms with Gasteiger partial charge in [-0.2, -0.15) is 4.68 Å². The molecule has 0 aliphatic carbocycles. The summed E-state index contributed by atoms with van der Waals surface area (Å²) in [4.78, 5) is 2.17. The molecular formula is C15H23N5. The minimum absolute atomic E-state index is 0.196. The summed E-state index contributed by atoms with van der Waals surface area (Å²) in [6.07, 6.45) is 0.936. The van der Waals surface area contributed by atoms with E-state index in [0.29, 0.717) is 0 Å². The summed E-state index contributed by atoms with van der Waals surface area (Å²) in [5.41, 5.74) is 3.23. The molecule has 0 bridgehead atoms. The SMILES string of the molecule is CC[C@](C)(c1nnnn1-c1c(C)cccc1C)N(C)C. The zero-order valence-corrected chi connectivity index (χ0v) is 13.2. The van der Waals surface area contributed by atoms with Crippen LogP contribution in [0, 0.1) is 13.8 Å². The number of para-hydroxylation sites is 1. The third-order valence-electron chi connectivity index (χ3n) is 4.28. The maximum Gasteiger partial charge on any atom is 0.176 e. The first-order valence-electron chi connectivity index (χ1n) is 6.94. The van der Waals surface area contributed by atoms with E-state index < -0.39 is 0 Å². The van der Waals surface area contributed by atoms with Crippen molar-refractivity contribution in [3.63, 3.8) is 0 Å². The third-order valence-corrected chi connectivity index (χ3v) is 4.28. The van der Waals surface area contributed by atoms with E-state index in [-0.39, 0.29) is 5.54 Å². The number of nitrogens with zero attached hydrogens (tertiary/aromatic N) is 5. The third kappa shape index (κ3) is 2.22. The summed E-state index contributed by atoms with van der Waals surface area (Å²) in [7, 11) is 4.13. The van der Waals surface area contributed by atoms with Crippen LogP contribution < -0.4 is 0 Å². The van der Waals surface area contributed by atoms with Crippen molar-refractivity contribution in [1.82, 2.24) is 25.1 Å². The minimum Gasteiger partial charge on any atom is -0.297 e. The van der Waals surface area contributed by atoms with Gasteiger partial charge in [0.05, 0.1) is 11.2 Å². The fourth-order valence-corrected chi connectivity index (χ4v) is 2.49. The van der Waals surface area contributed by atoms with Crippen LogP contribution in [0.4, 0.5) is 0 Å². The van der Waals surface area contributed by atoms with Crippen molar-refractivity contribution in [3.05, 3.63) is 35.2 Å². The molecule has 0 N–H and O–H groups in total. The van der Waals surface area contributed by atoms with Crippen molar-refractivity contribution in [3.8, 4) is 5.69 Å². The molecule has 0 spiro atoms. The van der Waals surface area contributed by atoms with Crippen molar-refractivity contribution in [1.29, 1.82) is 0 Å². The second-order valence-electron chi connectivity index (χ2n) is 5.68. The molecule has 2 aromatic rings. The lowest BCUT2D eigenvalue weighted by atomic mass is 9.96. The molecule has 0 saturated carbocycles. The number of aryl methyl sites for hydroxylation is 2. The van der Waals surface area contributed by atoms with Crippen LogP contribution in [0.1, 0.15) is 37.2 Å². The molecule has 20 heavy (non-hydrogen) atoms. The molecule has 0 saturated heterocycles. The van der Waals surface area contributed by atoms with Gasteiger partial charge in [-0.05, 0) is 62.8 Å². The number of benzene rings is 1. The number of hydrogen-bond acceptors (Lipinski definition) is 4. The fraction of sp³-hybridized carbons (Fsp3) is 0.533. The van der Waals surface area contributed by atoms with Crippen molar-refractivity contribution in [2.24, 2.45) is 0 Å². The molecule has 1 aromatic heterocycles. The van der Waals surface area contributed by atoms with E-state index in [1.165, 1.54) is 11.1 Å². The number of tetrazole rings is 1. The normalized spacial score (nSPS) is 14.6. The van der Waals surface area contributed by atoms with Gasteiger partial charge in [-0.1, -0.05) is 25.1 Å². The smallest absolute Gasteiger partial charge is 0.176 e. The second-order valence-corrected chi connectivity index (χ2v) is 5.68. The lowest BCUT2D eigenvalue weighted by molar-refractivity contribution is 0.152. The van der Waals surface area contributed by atoms with E-state index >= 15 is 0 Å². The van der Waals surface area contributed by atoms with Crippen molar-refractivity contribution in [2.45, 2.75) is 39.7 Å². The lowest BCUT2D eigenvalue weighted by Gasteiger charge is -2.34. The van der Waals surface area contributed by atoms with E-state index in [1.807, 2.05) is 4.68 Å².